The van der Waals surface area contributed by atoms with Crippen LogP contribution < -0.4 is 0 Å². The number of methoxy groups -OCH3 is 1. The molecule has 2 aromatic carbocycles. The number of aromatic hydroxyl groups is 1. The van der Waals surface area contributed by atoms with Crippen LogP contribution in [0.3, 0.4) is 0 Å². The fourth-order valence-electron chi connectivity index (χ4n) is 3.94. The Morgan fingerprint density at radius 1 is 1.10 bits per heavy atom. The molecule has 2 atom stereocenters. The topological polar surface area (TPSA) is 49.8 Å². The minimum Gasteiger partial charge on any atom is -0.508 e. The second-order valence-electron chi connectivity index (χ2n) is 7.56. The number of carbonyl (C=O) groups is 1. The van der Waals surface area contributed by atoms with Crippen molar-refractivity contribution in [2.24, 2.45) is 5.92 Å². The molecule has 0 spiro atoms. The third-order valence-corrected chi connectivity index (χ3v) is 5.35. The SMILES string of the molecule is COC(=O)C[C@@H]1C[C@@H](c2ccc(O)cc2)CN(Cc2ccc(C(F)(F)F)cc2)C1. The van der Waals surface area contributed by atoms with Gasteiger partial charge >= 0.3 is 12.1 Å². The maximum absolute atomic E-state index is 12.8. The van der Waals surface area contributed by atoms with Crippen LogP contribution in [-0.4, -0.2) is 36.2 Å². The lowest BCUT2D eigenvalue weighted by atomic mass is 9.83. The number of benzene rings is 2. The number of nitrogens with zero attached hydrogens (tertiary/aromatic N) is 1. The third-order valence-electron chi connectivity index (χ3n) is 5.35. The van der Waals surface area contributed by atoms with Gasteiger partial charge in [0.25, 0.3) is 0 Å². The van der Waals surface area contributed by atoms with E-state index >= 15 is 0 Å². The third kappa shape index (κ3) is 5.73. The van der Waals surface area contributed by atoms with Crippen LogP contribution in [0.25, 0.3) is 0 Å². The number of ether oxygens (including phenoxy) is 1. The summed E-state index contributed by atoms with van der Waals surface area (Å²) in [5, 5.41) is 9.53. The average molecular weight is 407 g/mol. The van der Waals surface area contributed by atoms with Gasteiger partial charge in [-0.15, -0.1) is 0 Å². The van der Waals surface area contributed by atoms with Gasteiger partial charge in [-0.1, -0.05) is 24.3 Å². The summed E-state index contributed by atoms with van der Waals surface area (Å²) < 4.78 is 43.2. The van der Waals surface area contributed by atoms with Gasteiger partial charge in [0.05, 0.1) is 12.7 Å². The molecule has 156 valence electrons. The number of halogens is 3. The first-order valence-electron chi connectivity index (χ1n) is 9.49. The van der Waals surface area contributed by atoms with Gasteiger partial charge in [-0.05, 0) is 53.6 Å². The molecule has 7 heteroatoms. The Balaban J connectivity index is 1.75. The van der Waals surface area contributed by atoms with E-state index in [1.54, 1.807) is 12.1 Å². The quantitative estimate of drug-likeness (QED) is 0.738. The van der Waals surface area contributed by atoms with Crippen LogP contribution in [-0.2, 0) is 22.3 Å². The lowest BCUT2D eigenvalue weighted by Crippen LogP contribution is -2.40. The molecule has 0 bridgehead atoms. The van der Waals surface area contributed by atoms with Gasteiger partial charge in [-0.3, -0.25) is 9.69 Å². The summed E-state index contributed by atoms with van der Waals surface area (Å²) in [6, 6.07) is 12.2. The number of phenolic OH excluding ortho intramolecular Hbond substituents is 1. The Kier molecular flexibility index (Phi) is 6.47. The molecule has 4 nitrogen and oxygen atoms in total. The van der Waals surface area contributed by atoms with Crippen molar-refractivity contribution in [2.45, 2.75) is 31.5 Å². The van der Waals surface area contributed by atoms with Crippen molar-refractivity contribution in [1.82, 2.24) is 4.90 Å². The van der Waals surface area contributed by atoms with Crippen molar-refractivity contribution in [2.75, 3.05) is 20.2 Å². The molecule has 29 heavy (non-hydrogen) atoms. The Morgan fingerprint density at radius 3 is 2.34 bits per heavy atom. The number of esters is 1. The van der Waals surface area contributed by atoms with Gasteiger partial charge in [0.1, 0.15) is 5.75 Å². The summed E-state index contributed by atoms with van der Waals surface area (Å²) in [4.78, 5) is 13.9. The van der Waals surface area contributed by atoms with E-state index in [9.17, 15) is 23.1 Å². The molecule has 0 aromatic heterocycles. The molecule has 0 saturated carbocycles. The van der Waals surface area contributed by atoms with Gasteiger partial charge < -0.3 is 9.84 Å². The van der Waals surface area contributed by atoms with Crippen molar-refractivity contribution in [3.8, 4) is 5.75 Å². The molecule has 1 heterocycles. The van der Waals surface area contributed by atoms with Crippen LogP contribution in [0.1, 0.15) is 35.4 Å². The zero-order valence-electron chi connectivity index (χ0n) is 16.2. The minimum absolute atomic E-state index is 0.0875. The number of hydrogen-bond acceptors (Lipinski definition) is 4. The van der Waals surface area contributed by atoms with E-state index in [0.717, 1.165) is 36.2 Å². The van der Waals surface area contributed by atoms with E-state index in [-0.39, 0.29) is 23.6 Å². The Hall–Kier alpha value is -2.54. The van der Waals surface area contributed by atoms with Gasteiger partial charge in [0.15, 0.2) is 0 Å². The molecule has 1 N–H and O–H groups in total. The zero-order valence-corrected chi connectivity index (χ0v) is 16.2. The van der Waals surface area contributed by atoms with E-state index in [1.165, 1.54) is 19.2 Å². The van der Waals surface area contributed by atoms with Gasteiger partial charge in [-0.2, -0.15) is 13.2 Å². The van der Waals surface area contributed by atoms with Gasteiger partial charge in [0.2, 0.25) is 0 Å². The fraction of sp³-hybridized carbons (Fsp3) is 0.409. The molecular weight excluding hydrogens is 383 g/mol. The number of likely N-dealkylation sites (tertiary alicyclic amines) is 1. The highest BCUT2D eigenvalue weighted by Gasteiger charge is 2.31. The van der Waals surface area contributed by atoms with E-state index < -0.39 is 11.7 Å². The standard InChI is InChI=1S/C22H24F3NO3/c1-29-21(28)11-16-10-18(17-4-8-20(27)9-5-17)14-26(13-16)12-15-2-6-19(7-3-15)22(23,24)25/h2-9,16,18,27H,10-14H2,1H3/t16-,18+/m0/s1. The predicted molar refractivity (Wildman–Crippen MR) is 102 cm³/mol. The molecule has 1 aliphatic heterocycles. The Bertz CT molecular complexity index is 819. The smallest absolute Gasteiger partial charge is 0.416 e. The summed E-state index contributed by atoms with van der Waals surface area (Å²) in [6.45, 7) is 1.90. The number of carbonyl (C=O) groups excluding carboxylic acids is 1. The van der Waals surface area contributed by atoms with Crippen molar-refractivity contribution in [3.05, 3.63) is 65.2 Å². The molecule has 0 unspecified atom stereocenters. The predicted octanol–water partition coefficient (Wildman–Crippen LogP) is 4.58. The highest BCUT2D eigenvalue weighted by atomic mass is 19.4. The van der Waals surface area contributed by atoms with Crippen molar-refractivity contribution < 1.29 is 27.8 Å². The normalized spacial score (nSPS) is 20.4. The zero-order chi connectivity index (χ0) is 21.0. The Morgan fingerprint density at radius 2 is 1.76 bits per heavy atom. The number of piperidine rings is 1. The van der Waals surface area contributed by atoms with E-state index in [2.05, 4.69) is 4.90 Å². The number of phenols is 1. The molecule has 1 fully saturated rings. The van der Waals surface area contributed by atoms with Crippen molar-refractivity contribution >= 4 is 5.97 Å². The maximum atomic E-state index is 12.8. The molecule has 0 amide bonds. The molecule has 0 aliphatic carbocycles. The van der Waals surface area contributed by atoms with Crippen LogP contribution in [0.15, 0.2) is 48.5 Å². The lowest BCUT2D eigenvalue weighted by Gasteiger charge is -2.38. The first-order chi connectivity index (χ1) is 13.7. The average Bonchev–Trinajstić information content (AvgIpc) is 2.68. The molecule has 1 saturated heterocycles. The molecule has 2 aromatic rings. The molecular formula is C22H24F3NO3. The van der Waals surface area contributed by atoms with Crippen molar-refractivity contribution in [1.29, 1.82) is 0 Å². The van der Waals surface area contributed by atoms with Crippen LogP contribution in [0, 0.1) is 5.92 Å². The second-order valence-corrected chi connectivity index (χ2v) is 7.56. The number of rotatable bonds is 5. The van der Waals surface area contributed by atoms with Crippen LogP contribution in [0.4, 0.5) is 13.2 Å². The Labute approximate surface area is 167 Å². The van der Waals surface area contributed by atoms with Gasteiger partial charge in [-0.25, -0.2) is 0 Å². The highest BCUT2D eigenvalue weighted by molar-refractivity contribution is 5.69. The largest absolute Gasteiger partial charge is 0.508 e. The number of alkyl halides is 3. The first kappa shape index (κ1) is 21.2. The summed E-state index contributed by atoms with van der Waals surface area (Å²) >= 11 is 0. The lowest BCUT2D eigenvalue weighted by molar-refractivity contribution is -0.142. The fourth-order valence-corrected chi connectivity index (χ4v) is 3.94. The van der Waals surface area contributed by atoms with Gasteiger partial charge in [0, 0.05) is 26.1 Å². The van der Waals surface area contributed by atoms with Crippen LogP contribution in [0.2, 0.25) is 0 Å². The summed E-state index contributed by atoms with van der Waals surface area (Å²) in [7, 11) is 1.36. The summed E-state index contributed by atoms with van der Waals surface area (Å²) in [6.07, 6.45) is -3.24. The monoisotopic (exact) mass is 407 g/mol. The highest BCUT2D eigenvalue weighted by Crippen LogP contribution is 2.34. The van der Waals surface area contributed by atoms with E-state index in [0.29, 0.717) is 19.5 Å². The number of hydrogen-bond donors (Lipinski definition) is 1. The molecule has 0 radical (unpaired) electrons. The first-order valence-corrected chi connectivity index (χ1v) is 9.49. The van der Waals surface area contributed by atoms with Crippen LogP contribution in [0.5, 0.6) is 5.75 Å². The summed E-state index contributed by atoms with van der Waals surface area (Å²) in [5.41, 5.74) is 1.20. The van der Waals surface area contributed by atoms with Crippen LogP contribution >= 0.6 is 0 Å². The van der Waals surface area contributed by atoms with E-state index in [4.69, 9.17) is 4.74 Å². The van der Waals surface area contributed by atoms with E-state index in [1.807, 2.05) is 12.1 Å². The minimum atomic E-state index is -4.35. The van der Waals surface area contributed by atoms with Crippen molar-refractivity contribution in [3.63, 3.8) is 0 Å². The second kappa shape index (κ2) is 8.86. The molecule has 1 aliphatic rings. The molecule has 3 rings (SSSR count). The maximum Gasteiger partial charge on any atom is 0.416 e. The summed E-state index contributed by atoms with van der Waals surface area (Å²) in [5.74, 6) is 0.172.